The van der Waals surface area contributed by atoms with Gasteiger partial charge in [0.25, 0.3) is 0 Å². The van der Waals surface area contributed by atoms with Crippen LogP contribution >= 0.6 is 11.8 Å². The van der Waals surface area contributed by atoms with Gasteiger partial charge in [-0.25, -0.2) is 12.7 Å². The van der Waals surface area contributed by atoms with Gasteiger partial charge < -0.3 is 0 Å². The van der Waals surface area contributed by atoms with Crippen LogP contribution in [-0.4, -0.2) is 43.1 Å². The van der Waals surface area contributed by atoms with Gasteiger partial charge in [-0.3, -0.25) is 0 Å². The molecule has 4 nitrogen and oxygen atoms in total. The molecule has 15 heavy (non-hydrogen) atoms. The third-order valence-electron chi connectivity index (χ3n) is 2.39. The normalized spacial score (nSPS) is 16.0. The van der Waals surface area contributed by atoms with Crippen LogP contribution in [0.1, 0.15) is 20.3 Å². The van der Waals surface area contributed by atoms with Gasteiger partial charge >= 0.3 is 0 Å². The lowest BCUT2D eigenvalue weighted by Gasteiger charge is -2.25. The van der Waals surface area contributed by atoms with E-state index in [-0.39, 0.29) is 6.04 Å². The first-order valence-corrected chi connectivity index (χ1v) is 7.63. The van der Waals surface area contributed by atoms with Crippen molar-refractivity contribution in [2.75, 3.05) is 19.1 Å². The first-order valence-electron chi connectivity index (χ1n) is 4.73. The van der Waals surface area contributed by atoms with Crippen LogP contribution in [0.3, 0.4) is 0 Å². The topological polar surface area (TPSA) is 61.2 Å². The van der Waals surface area contributed by atoms with E-state index in [1.807, 2.05) is 13.2 Å². The Morgan fingerprint density at radius 2 is 2.00 bits per heavy atom. The van der Waals surface area contributed by atoms with E-state index in [0.717, 1.165) is 12.2 Å². The number of sulfonamides is 1. The van der Waals surface area contributed by atoms with Gasteiger partial charge in [-0.2, -0.15) is 17.0 Å². The van der Waals surface area contributed by atoms with E-state index < -0.39 is 15.3 Å². The van der Waals surface area contributed by atoms with Crippen LogP contribution in [0.4, 0.5) is 0 Å². The first kappa shape index (κ1) is 14.8. The zero-order valence-corrected chi connectivity index (χ0v) is 11.2. The summed E-state index contributed by atoms with van der Waals surface area (Å²) in [6, 6.07) is 1.71. The Hall–Kier alpha value is -0.250. The van der Waals surface area contributed by atoms with Gasteiger partial charge in [-0.1, -0.05) is 0 Å². The molecule has 0 rings (SSSR count). The number of hydrogen-bond donors (Lipinski definition) is 0. The fraction of sp³-hybridized carbons (Fsp3) is 0.889. The molecule has 0 aliphatic rings. The van der Waals surface area contributed by atoms with Gasteiger partial charge in [0.05, 0.1) is 6.07 Å². The Morgan fingerprint density at radius 1 is 1.47 bits per heavy atom. The molecule has 0 saturated heterocycles. The molecule has 0 aromatic rings. The molecule has 2 unspecified atom stereocenters. The quantitative estimate of drug-likeness (QED) is 0.713. The zero-order valence-electron chi connectivity index (χ0n) is 9.60. The molecule has 0 heterocycles. The summed E-state index contributed by atoms with van der Waals surface area (Å²) in [5.41, 5.74) is 0. The van der Waals surface area contributed by atoms with Crippen molar-refractivity contribution < 1.29 is 8.42 Å². The molecule has 6 heteroatoms. The third-order valence-corrected chi connectivity index (χ3v) is 5.20. The highest BCUT2D eigenvalue weighted by molar-refractivity contribution is 7.98. The molecule has 0 saturated carbocycles. The Kier molecular flexibility index (Phi) is 6.25. The van der Waals surface area contributed by atoms with Crippen LogP contribution in [0.5, 0.6) is 0 Å². The number of nitriles is 1. The summed E-state index contributed by atoms with van der Waals surface area (Å²) in [5, 5.41) is 7.64. The lowest BCUT2D eigenvalue weighted by molar-refractivity contribution is 0.380. The van der Waals surface area contributed by atoms with Crippen molar-refractivity contribution in [1.29, 1.82) is 5.26 Å². The van der Waals surface area contributed by atoms with E-state index >= 15 is 0 Å². The van der Waals surface area contributed by atoms with Gasteiger partial charge in [-0.05, 0) is 32.3 Å². The number of thioether (sulfide) groups is 1. The van der Waals surface area contributed by atoms with Crippen LogP contribution in [-0.2, 0) is 10.0 Å². The standard InChI is InChI=1S/C9H18N2O2S2/c1-8(5-6-14-4)11(3)15(12,13)9(2)7-10/h8-9H,5-6H2,1-4H3. The summed E-state index contributed by atoms with van der Waals surface area (Å²) in [7, 11) is -1.92. The highest BCUT2D eigenvalue weighted by atomic mass is 32.2. The highest BCUT2D eigenvalue weighted by Gasteiger charge is 2.28. The maximum absolute atomic E-state index is 11.8. The van der Waals surface area contributed by atoms with E-state index in [2.05, 4.69) is 0 Å². The molecule has 0 fully saturated rings. The smallest absolute Gasteiger partial charge is 0.211 e. The summed E-state index contributed by atoms with van der Waals surface area (Å²) in [6.45, 7) is 3.27. The van der Waals surface area contributed by atoms with Crippen LogP contribution in [0, 0.1) is 11.3 Å². The first-order chi connectivity index (χ1) is 6.87. The van der Waals surface area contributed by atoms with Crippen molar-refractivity contribution in [3.05, 3.63) is 0 Å². The number of rotatable bonds is 6. The summed E-state index contributed by atoms with van der Waals surface area (Å²) in [6.07, 6.45) is 2.79. The molecule has 0 amide bonds. The Bertz CT molecular complexity index is 321. The molecular formula is C9H18N2O2S2. The van der Waals surface area contributed by atoms with Crippen molar-refractivity contribution in [1.82, 2.24) is 4.31 Å². The summed E-state index contributed by atoms with van der Waals surface area (Å²) >= 11 is 1.69. The van der Waals surface area contributed by atoms with Gasteiger partial charge in [0, 0.05) is 13.1 Å². The van der Waals surface area contributed by atoms with Crippen LogP contribution in [0.25, 0.3) is 0 Å². The molecule has 0 aromatic carbocycles. The maximum atomic E-state index is 11.8. The SMILES string of the molecule is CSCCC(C)N(C)S(=O)(=O)C(C)C#N. The minimum Gasteiger partial charge on any atom is -0.211 e. The molecule has 0 bridgehead atoms. The number of nitrogens with zero attached hydrogens (tertiary/aromatic N) is 2. The van der Waals surface area contributed by atoms with E-state index in [1.54, 1.807) is 17.8 Å². The van der Waals surface area contributed by atoms with Crippen molar-refractivity contribution >= 4 is 21.8 Å². The van der Waals surface area contributed by atoms with E-state index in [0.29, 0.717) is 0 Å². The lowest BCUT2D eigenvalue weighted by atomic mass is 10.3. The zero-order chi connectivity index (χ0) is 12.1. The van der Waals surface area contributed by atoms with Gasteiger partial charge in [0.2, 0.25) is 10.0 Å². The second-order valence-corrected chi connectivity index (χ2v) is 6.76. The van der Waals surface area contributed by atoms with E-state index in [9.17, 15) is 8.42 Å². The molecular weight excluding hydrogens is 232 g/mol. The minimum absolute atomic E-state index is 0.0572. The molecule has 0 aliphatic heterocycles. The molecule has 0 N–H and O–H groups in total. The van der Waals surface area contributed by atoms with Crippen LogP contribution in [0.2, 0.25) is 0 Å². The fourth-order valence-electron chi connectivity index (χ4n) is 1.04. The molecule has 0 spiro atoms. The largest absolute Gasteiger partial charge is 0.230 e. The molecule has 0 aliphatic carbocycles. The monoisotopic (exact) mass is 250 g/mol. The summed E-state index contributed by atoms with van der Waals surface area (Å²) in [5.74, 6) is 0.919. The molecule has 0 radical (unpaired) electrons. The van der Waals surface area contributed by atoms with Gasteiger partial charge in [0.15, 0.2) is 5.25 Å². The van der Waals surface area contributed by atoms with Crippen molar-refractivity contribution in [3.63, 3.8) is 0 Å². The fourth-order valence-corrected chi connectivity index (χ4v) is 2.85. The minimum atomic E-state index is -3.46. The van der Waals surface area contributed by atoms with Crippen molar-refractivity contribution in [2.24, 2.45) is 0 Å². The average Bonchev–Trinajstić information content (AvgIpc) is 2.23. The van der Waals surface area contributed by atoms with E-state index in [1.165, 1.54) is 18.3 Å². The maximum Gasteiger partial charge on any atom is 0.230 e. The van der Waals surface area contributed by atoms with Gasteiger partial charge in [-0.15, -0.1) is 0 Å². The van der Waals surface area contributed by atoms with Crippen molar-refractivity contribution in [3.8, 4) is 6.07 Å². The van der Waals surface area contributed by atoms with Crippen molar-refractivity contribution in [2.45, 2.75) is 31.6 Å². The molecule has 2 atom stereocenters. The third kappa shape index (κ3) is 4.01. The van der Waals surface area contributed by atoms with E-state index in [4.69, 9.17) is 5.26 Å². The Labute approximate surface area is 96.7 Å². The molecule has 0 aromatic heterocycles. The predicted molar refractivity (Wildman–Crippen MR) is 64.2 cm³/mol. The van der Waals surface area contributed by atoms with Crippen LogP contribution in [0.15, 0.2) is 0 Å². The Morgan fingerprint density at radius 3 is 2.40 bits per heavy atom. The predicted octanol–water partition coefficient (Wildman–Crippen LogP) is 1.30. The molecule has 88 valence electrons. The lowest BCUT2D eigenvalue weighted by Crippen LogP contribution is -2.40. The second kappa shape index (κ2) is 6.36. The average molecular weight is 250 g/mol. The summed E-state index contributed by atoms with van der Waals surface area (Å²) in [4.78, 5) is 0. The van der Waals surface area contributed by atoms with Crippen LogP contribution < -0.4 is 0 Å². The van der Waals surface area contributed by atoms with Gasteiger partial charge in [0.1, 0.15) is 0 Å². The second-order valence-electron chi connectivity index (χ2n) is 3.46. The Balaban J connectivity index is 4.57. The highest BCUT2D eigenvalue weighted by Crippen LogP contribution is 2.13. The number of hydrogen-bond acceptors (Lipinski definition) is 4. The summed E-state index contributed by atoms with van der Waals surface area (Å²) < 4.78 is 24.8.